The van der Waals surface area contributed by atoms with Gasteiger partial charge < -0.3 is 15.0 Å². The number of nitrogens with one attached hydrogen (secondary N) is 1. The molecule has 2 atom stereocenters. The normalized spacial score (nSPS) is 25.4. The Hall–Kier alpha value is 0.170. The first-order valence-corrected chi connectivity index (χ1v) is 6.27. The molecule has 3 nitrogen and oxygen atoms in total. The maximum atomic E-state index is 5.87. The quantitative estimate of drug-likeness (QED) is 0.554. The zero-order valence-corrected chi connectivity index (χ0v) is 10.6. The molecule has 1 fully saturated rings. The lowest BCUT2D eigenvalue weighted by molar-refractivity contribution is -0.0180. The molecule has 90 valence electrons. The standard InChI is InChI=1S/C11H23ClN2O/c1-10(12)4-3-5-13-8-11-9-14(2)6-7-15-11/h10-11,13H,3-9H2,1-2H3. The Kier molecular flexibility index (Phi) is 6.57. The van der Waals surface area contributed by atoms with E-state index < -0.39 is 0 Å². The summed E-state index contributed by atoms with van der Waals surface area (Å²) < 4.78 is 5.65. The van der Waals surface area contributed by atoms with E-state index in [-0.39, 0.29) is 0 Å². The van der Waals surface area contributed by atoms with E-state index in [2.05, 4.69) is 17.3 Å². The van der Waals surface area contributed by atoms with Crippen LogP contribution in [0.2, 0.25) is 0 Å². The van der Waals surface area contributed by atoms with Crippen molar-refractivity contribution in [3.8, 4) is 0 Å². The summed E-state index contributed by atoms with van der Waals surface area (Å²) in [5, 5.41) is 3.72. The second kappa shape index (κ2) is 7.44. The van der Waals surface area contributed by atoms with E-state index >= 15 is 0 Å². The van der Waals surface area contributed by atoms with E-state index in [4.69, 9.17) is 16.3 Å². The monoisotopic (exact) mass is 234 g/mol. The highest BCUT2D eigenvalue weighted by atomic mass is 35.5. The third kappa shape index (κ3) is 6.36. The van der Waals surface area contributed by atoms with Crippen molar-refractivity contribution in [2.24, 2.45) is 0 Å². The van der Waals surface area contributed by atoms with Gasteiger partial charge in [0.25, 0.3) is 0 Å². The van der Waals surface area contributed by atoms with E-state index in [0.29, 0.717) is 11.5 Å². The molecule has 0 radical (unpaired) electrons. The van der Waals surface area contributed by atoms with Crippen molar-refractivity contribution in [2.45, 2.75) is 31.2 Å². The van der Waals surface area contributed by atoms with Crippen molar-refractivity contribution in [1.29, 1.82) is 0 Å². The molecule has 0 saturated carbocycles. The first kappa shape index (κ1) is 13.2. The van der Waals surface area contributed by atoms with Crippen molar-refractivity contribution >= 4 is 11.6 Å². The van der Waals surface area contributed by atoms with Gasteiger partial charge in [-0.05, 0) is 33.4 Å². The van der Waals surface area contributed by atoms with Crippen LogP contribution < -0.4 is 5.32 Å². The van der Waals surface area contributed by atoms with Crippen LogP contribution in [0.3, 0.4) is 0 Å². The van der Waals surface area contributed by atoms with E-state index in [1.54, 1.807) is 0 Å². The van der Waals surface area contributed by atoms with Crippen molar-refractivity contribution in [1.82, 2.24) is 10.2 Å². The van der Waals surface area contributed by atoms with Gasteiger partial charge in [-0.3, -0.25) is 0 Å². The van der Waals surface area contributed by atoms with Gasteiger partial charge in [0, 0.05) is 25.0 Å². The van der Waals surface area contributed by atoms with Crippen LogP contribution in [-0.4, -0.2) is 56.2 Å². The van der Waals surface area contributed by atoms with Crippen LogP contribution in [0, 0.1) is 0 Å². The van der Waals surface area contributed by atoms with Crippen LogP contribution in [-0.2, 0) is 4.74 Å². The molecule has 1 heterocycles. The molecule has 0 spiro atoms. The van der Waals surface area contributed by atoms with Gasteiger partial charge in [0.05, 0.1) is 12.7 Å². The molecule has 0 aromatic rings. The zero-order chi connectivity index (χ0) is 11.1. The Morgan fingerprint density at radius 2 is 2.40 bits per heavy atom. The lowest BCUT2D eigenvalue weighted by atomic mass is 10.2. The second-order valence-electron chi connectivity index (χ2n) is 4.38. The Labute approximate surface area is 98.1 Å². The molecule has 0 amide bonds. The molecule has 1 N–H and O–H groups in total. The molecule has 0 aromatic carbocycles. The van der Waals surface area contributed by atoms with Gasteiger partial charge in [0.15, 0.2) is 0 Å². The molecule has 0 bridgehead atoms. The Balaban J connectivity index is 1.95. The molecule has 1 saturated heterocycles. The maximum Gasteiger partial charge on any atom is 0.0826 e. The minimum atomic E-state index is 0.295. The zero-order valence-electron chi connectivity index (χ0n) is 9.84. The van der Waals surface area contributed by atoms with Crippen molar-refractivity contribution < 1.29 is 4.74 Å². The number of nitrogens with zero attached hydrogens (tertiary/aromatic N) is 1. The van der Waals surface area contributed by atoms with Crippen molar-refractivity contribution in [3.05, 3.63) is 0 Å². The van der Waals surface area contributed by atoms with Crippen molar-refractivity contribution in [3.63, 3.8) is 0 Å². The van der Waals surface area contributed by atoms with Crippen LogP contribution in [0.15, 0.2) is 0 Å². The molecular weight excluding hydrogens is 212 g/mol. The van der Waals surface area contributed by atoms with Crippen LogP contribution >= 0.6 is 11.6 Å². The highest BCUT2D eigenvalue weighted by Gasteiger charge is 2.16. The van der Waals surface area contributed by atoms with Gasteiger partial charge in [-0.2, -0.15) is 0 Å². The smallest absolute Gasteiger partial charge is 0.0826 e. The minimum Gasteiger partial charge on any atom is -0.374 e. The summed E-state index contributed by atoms with van der Waals surface area (Å²) in [6.45, 7) is 7.00. The minimum absolute atomic E-state index is 0.295. The average Bonchev–Trinajstić information content (AvgIpc) is 2.17. The largest absolute Gasteiger partial charge is 0.374 e. The van der Waals surface area contributed by atoms with Gasteiger partial charge in [0.2, 0.25) is 0 Å². The van der Waals surface area contributed by atoms with E-state index in [1.165, 1.54) is 0 Å². The van der Waals surface area contributed by atoms with Gasteiger partial charge in [0.1, 0.15) is 0 Å². The average molecular weight is 235 g/mol. The number of alkyl halides is 1. The molecule has 4 heteroatoms. The summed E-state index contributed by atoms with van der Waals surface area (Å²) in [4.78, 5) is 2.32. The number of hydrogen-bond acceptors (Lipinski definition) is 3. The number of rotatable bonds is 6. The fourth-order valence-electron chi connectivity index (χ4n) is 1.76. The lowest BCUT2D eigenvalue weighted by Crippen LogP contribution is -2.44. The summed E-state index contributed by atoms with van der Waals surface area (Å²) in [7, 11) is 2.14. The van der Waals surface area contributed by atoms with Crippen LogP contribution in [0.4, 0.5) is 0 Å². The third-order valence-electron chi connectivity index (χ3n) is 2.67. The predicted molar refractivity (Wildman–Crippen MR) is 64.7 cm³/mol. The molecule has 1 aliphatic heterocycles. The topological polar surface area (TPSA) is 24.5 Å². The van der Waals surface area contributed by atoms with Crippen molar-refractivity contribution in [2.75, 3.05) is 39.8 Å². The van der Waals surface area contributed by atoms with E-state index in [0.717, 1.165) is 45.6 Å². The summed E-state index contributed by atoms with van der Waals surface area (Å²) in [6.07, 6.45) is 2.59. The molecular formula is C11H23ClN2O. The van der Waals surface area contributed by atoms with Crippen LogP contribution in [0.5, 0.6) is 0 Å². The van der Waals surface area contributed by atoms with E-state index in [1.807, 2.05) is 6.92 Å². The second-order valence-corrected chi connectivity index (χ2v) is 5.13. The summed E-state index contributed by atoms with van der Waals surface area (Å²) in [5.74, 6) is 0. The van der Waals surface area contributed by atoms with E-state index in [9.17, 15) is 0 Å². The number of ether oxygens (including phenoxy) is 1. The number of halogens is 1. The molecule has 0 aromatic heterocycles. The first-order valence-electron chi connectivity index (χ1n) is 5.83. The van der Waals surface area contributed by atoms with Crippen LogP contribution in [0.1, 0.15) is 19.8 Å². The summed E-state index contributed by atoms with van der Waals surface area (Å²) >= 11 is 5.87. The van der Waals surface area contributed by atoms with Gasteiger partial charge in [-0.15, -0.1) is 11.6 Å². The Bertz CT molecular complexity index is 167. The number of morpholine rings is 1. The predicted octanol–water partition coefficient (Wildman–Crippen LogP) is 1.31. The van der Waals surface area contributed by atoms with Gasteiger partial charge in [-0.1, -0.05) is 0 Å². The molecule has 0 aliphatic carbocycles. The summed E-state index contributed by atoms with van der Waals surface area (Å²) in [5.41, 5.74) is 0. The molecule has 1 aliphatic rings. The number of likely N-dealkylation sites (N-methyl/N-ethyl adjacent to an activating group) is 1. The third-order valence-corrected chi connectivity index (χ3v) is 2.89. The highest BCUT2D eigenvalue weighted by molar-refractivity contribution is 6.20. The number of hydrogen-bond donors (Lipinski definition) is 1. The molecule has 2 unspecified atom stereocenters. The first-order chi connectivity index (χ1) is 7.18. The lowest BCUT2D eigenvalue weighted by Gasteiger charge is -2.30. The molecule has 1 rings (SSSR count). The molecule has 15 heavy (non-hydrogen) atoms. The fraction of sp³-hybridized carbons (Fsp3) is 1.00. The highest BCUT2D eigenvalue weighted by Crippen LogP contribution is 2.03. The van der Waals surface area contributed by atoms with Gasteiger partial charge >= 0.3 is 0 Å². The van der Waals surface area contributed by atoms with Crippen LogP contribution in [0.25, 0.3) is 0 Å². The Morgan fingerprint density at radius 3 is 3.07 bits per heavy atom. The SMILES string of the molecule is CC(Cl)CCCNCC1CN(C)CCO1. The van der Waals surface area contributed by atoms with Gasteiger partial charge in [-0.25, -0.2) is 0 Å². The fourth-order valence-corrected chi connectivity index (χ4v) is 1.92. The maximum absolute atomic E-state index is 5.87. The summed E-state index contributed by atoms with van der Waals surface area (Å²) in [6, 6.07) is 0. The Morgan fingerprint density at radius 1 is 1.60 bits per heavy atom.